The summed E-state index contributed by atoms with van der Waals surface area (Å²) in [5.41, 5.74) is 4.18. The maximum atomic E-state index is 13.1. The van der Waals surface area contributed by atoms with E-state index in [1.807, 2.05) is 0 Å². The Bertz CT molecular complexity index is 840. The first-order valence-electron chi connectivity index (χ1n) is 7.90. The van der Waals surface area contributed by atoms with Gasteiger partial charge in [0.05, 0.1) is 17.9 Å². The van der Waals surface area contributed by atoms with Crippen molar-refractivity contribution in [3.8, 4) is 0 Å². The van der Waals surface area contributed by atoms with E-state index in [1.54, 1.807) is 23.0 Å². The van der Waals surface area contributed by atoms with Gasteiger partial charge in [0.15, 0.2) is 0 Å². The maximum Gasteiger partial charge on any atom is 0.247 e. The number of aromatic nitrogens is 2. The van der Waals surface area contributed by atoms with Crippen molar-refractivity contribution in [2.75, 3.05) is 6.54 Å². The second-order valence-corrected chi connectivity index (χ2v) is 8.19. The molecule has 23 heavy (non-hydrogen) atoms. The Balaban J connectivity index is 2.01. The molecule has 0 aliphatic carbocycles. The van der Waals surface area contributed by atoms with Crippen LogP contribution in [0.2, 0.25) is 0 Å². The number of sulfonamides is 1. The third kappa shape index (κ3) is 2.70. The highest BCUT2D eigenvalue weighted by atomic mass is 32.2. The summed E-state index contributed by atoms with van der Waals surface area (Å²) in [7, 11) is -1.76. The lowest BCUT2D eigenvalue weighted by atomic mass is 10.0. The van der Waals surface area contributed by atoms with Gasteiger partial charge in [-0.3, -0.25) is 4.68 Å². The molecule has 0 N–H and O–H groups in total. The van der Waals surface area contributed by atoms with Gasteiger partial charge in [-0.1, -0.05) is 18.2 Å². The number of nitrogens with zero attached hydrogens (tertiary/aromatic N) is 3. The van der Waals surface area contributed by atoms with Gasteiger partial charge in [0, 0.05) is 13.6 Å². The summed E-state index contributed by atoms with van der Waals surface area (Å²) < 4.78 is 29.4. The molecule has 1 aliphatic heterocycles. The first-order chi connectivity index (χ1) is 10.8. The third-order valence-corrected chi connectivity index (χ3v) is 6.91. The van der Waals surface area contributed by atoms with E-state index in [1.165, 1.54) is 17.3 Å². The van der Waals surface area contributed by atoms with E-state index in [-0.39, 0.29) is 6.04 Å². The molecule has 0 spiro atoms. The molecule has 3 rings (SSSR count). The van der Waals surface area contributed by atoms with E-state index in [9.17, 15) is 8.42 Å². The highest BCUT2D eigenvalue weighted by molar-refractivity contribution is 7.89. The van der Waals surface area contributed by atoms with Crippen molar-refractivity contribution in [2.45, 2.75) is 44.6 Å². The van der Waals surface area contributed by atoms with Gasteiger partial charge in [0.1, 0.15) is 4.90 Å². The van der Waals surface area contributed by atoms with Gasteiger partial charge < -0.3 is 0 Å². The summed E-state index contributed by atoms with van der Waals surface area (Å²) in [6, 6.07) is 6.16. The van der Waals surface area contributed by atoms with Crippen LogP contribution in [0, 0.1) is 20.8 Å². The molecule has 1 saturated heterocycles. The van der Waals surface area contributed by atoms with Crippen molar-refractivity contribution >= 4 is 10.0 Å². The SMILES string of the molecule is Cc1ccc(C2CCCN2S(=O)(=O)c2cnn(C)c2C)cc1C. The fourth-order valence-electron chi connectivity index (χ4n) is 3.19. The number of benzene rings is 1. The molecule has 1 aliphatic rings. The summed E-state index contributed by atoms with van der Waals surface area (Å²) in [5.74, 6) is 0. The quantitative estimate of drug-likeness (QED) is 0.868. The molecule has 0 amide bonds. The summed E-state index contributed by atoms with van der Waals surface area (Å²) in [5, 5.41) is 4.09. The third-order valence-electron chi connectivity index (χ3n) is 4.90. The highest BCUT2D eigenvalue weighted by Crippen LogP contribution is 2.37. The topological polar surface area (TPSA) is 55.2 Å². The fourth-order valence-corrected chi connectivity index (χ4v) is 5.06. The zero-order valence-corrected chi connectivity index (χ0v) is 14.9. The molecular formula is C17H23N3O2S. The van der Waals surface area contributed by atoms with Crippen LogP contribution in [0.25, 0.3) is 0 Å². The molecular weight excluding hydrogens is 310 g/mol. The van der Waals surface area contributed by atoms with Gasteiger partial charge in [0.2, 0.25) is 10.0 Å². The molecule has 6 heteroatoms. The molecule has 2 heterocycles. The first-order valence-corrected chi connectivity index (χ1v) is 9.34. The van der Waals surface area contributed by atoms with Crippen molar-refractivity contribution in [3.05, 3.63) is 46.8 Å². The van der Waals surface area contributed by atoms with Crippen molar-refractivity contribution in [1.82, 2.24) is 14.1 Å². The Morgan fingerprint density at radius 2 is 1.91 bits per heavy atom. The molecule has 1 unspecified atom stereocenters. The number of aryl methyl sites for hydroxylation is 3. The van der Waals surface area contributed by atoms with Crippen LogP contribution in [0.4, 0.5) is 0 Å². The van der Waals surface area contributed by atoms with Crippen LogP contribution in [0.3, 0.4) is 0 Å². The van der Waals surface area contributed by atoms with Crippen molar-refractivity contribution in [2.24, 2.45) is 7.05 Å². The number of rotatable bonds is 3. The minimum Gasteiger partial charge on any atom is -0.272 e. The number of hydrogen-bond donors (Lipinski definition) is 0. The Hall–Kier alpha value is -1.66. The van der Waals surface area contributed by atoms with Crippen LogP contribution in [0.1, 0.15) is 41.3 Å². The minimum absolute atomic E-state index is 0.0843. The van der Waals surface area contributed by atoms with Crippen LogP contribution in [0.5, 0.6) is 0 Å². The predicted molar refractivity (Wildman–Crippen MR) is 89.7 cm³/mol. The van der Waals surface area contributed by atoms with E-state index >= 15 is 0 Å². The Kier molecular flexibility index (Phi) is 4.06. The van der Waals surface area contributed by atoms with E-state index in [0.717, 1.165) is 18.4 Å². The molecule has 2 aromatic rings. The van der Waals surface area contributed by atoms with Crippen LogP contribution in [-0.4, -0.2) is 29.0 Å². The molecule has 1 aromatic carbocycles. The van der Waals surface area contributed by atoms with Crippen LogP contribution in [-0.2, 0) is 17.1 Å². The van der Waals surface area contributed by atoms with Gasteiger partial charge in [0.25, 0.3) is 0 Å². The van der Waals surface area contributed by atoms with E-state index in [2.05, 4.69) is 37.1 Å². The molecule has 1 aromatic heterocycles. The lowest BCUT2D eigenvalue weighted by Gasteiger charge is -2.24. The fraction of sp³-hybridized carbons (Fsp3) is 0.471. The van der Waals surface area contributed by atoms with Gasteiger partial charge in [-0.15, -0.1) is 0 Å². The van der Waals surface area contributed by atoms with E-state index in [4.69, 9.17) is 0 Å². The second-order valence-electron chi connectivity index (χ2n) is 6.34. The molecule has 1 atom stereocenters. The largest absolute Gasteiger partial charge is 0.272 e. The first kappa shape index (κ1) is 16.2. The molecule has 1 fully saturated rings. The van der Waals surface area contributed by atoms with E-state index in [0.29, 0.717) is 17.1 Å². The maximum absolute atomic E-state index is 13.1. The smallest absolute Gasteiger partial charge is 0.247 e. The second kappa shape index (κ2) is 5.76. The summed E-state index contributed by atoms with van der Waals surface area (Å²) in [6.45, 7) is 6.49. The van der Waals surface area contributed by atoms with Crippen molar-refractivity contribution in [1.29, 1.82) is 0 Å². The highest BCUT2D eigenvalue weighted by Gasteiger charge is 2.37. The van der Waals surface area contributed by atoms with Crippen LogP contribution in [0.15, 0.2) is 29.3 Å². The van der Waals surface area contributed by atoms with Gasteiger partial charge in [-0.05, 0) is 50.3 Å². The lowest BCUT2D eigenvalue weighted by molar-refractivity contribution is 0.396. The molecule has 0 radical (unpaired) electrons. The van der Waals surface area contributed by atoms with Crippen LogP contribution < -0.4 is 0 Å². The molecule has 124 valence electrons. The Labute approximate surface area is 138 Å². The van der Waals surface area contributed by atoms with Crippen LogP contribution >= 0.6 is 0 Å². The average Bonchev–Trinajstić information content (AvgIpc) is 3.11. The molecule has 5 nitrogen and oxygen atoms in total. The summed E-state index contributed by atoms with van der Waals surface area (Å²) in [6.07, 6.45) is 3.21. The lowest BCUT2D eigenvalue weighted by Crippen LogP contribution is -2.31. The van der Waals surface area contributed by atoms with Gasteiger partial charge in [-0.25, -0.2) is 8.42 Å². The Morgan fingerprint density at radius 1 is 1.17 bits per heavy atom. The molecule has 0 saturated carbocycles. The van der Waals surface area contributed by atoms with E-state index < -0.39 is 10.0 Å². The number of hydrogen-bond acceptors (Lipinski definition) is 3. The van der Waals surface area contributed by atoms with Crippen molar-refractivity contribution < 1.29 is 8.42 Å². The average molecular weight is 333 g/mol. The van der Waals surface area contributed by atoms with Gasteiger partial charge in [-0.2, -0.15) is 9.40 Å². The normalized spacial score (nSPS) is 19.4. The van der Waals surface area contributed by atoms with Crippen molar-refractivity contribution in [3.63, 3.8) is 0 Å². The summed E-state index contributed by atoms with van der Waals surface area (Å²) >= 11 is 0. The zero-order chi connectivity index (χ0) is 16.8. The van der Waals surface area contributed by atoms with Gasteiger partial charge >= 0.3 is 0 Å². The zero-order valence-electron chi connectivity index (χ0n) is 14.1. The minimum atomic E-state index is -3.52. The Morgan fingerprint density at radius 3 is 2.52 bits per heavy atom. The standard InChI is InChI=1S/C17H23N3O2S/c1-12-7-8-15(10-13(12)2)16-6-5-9-20(16)23(21,22)17-11-18-19(4)14(17)3/h7-8,10-11,16H,5-6,9H2,1-4H3. The molecule has 0 bridgehead atoms. The summed E-state index contributed by atoms with van der Waals surface area (Å²) in [4.78, 5) is 0.315. The predicted octanol–water partition coefficient (Wildman–Crippen LogP) is 2.87. The monoisotopic (exact) mass is 333 g/mol.